The number of aromatic nitrogens is 2. The number of nitrogens with zero attached hydrogens (tertiary/aromatic N) is 2. The van der Waals surface area contributed by atoms with Gasteiger partial charge >= 0.3 is 0 Å². The molecular formula is C15H20BrN3O2. The zero-order valence-corrected chi connectivity index (χ0v) is 14.5. The van der Waals surface area contributed by atoms with Crippen molar-refractivity contribution < 1.29 is 9.47 Å². The zero-order valence-electron chi connectivity index (χ0n) is 12.9. The molecular weight excluding hydrogens is 334 g/mol. The minimum atomic E-state index is 0.289. The number of halogens is 1. The van der Waals surface area contributed by atoms with Crippen LogP contribution in [-0.2, 0) is 7.05 Å². The first-order valence-electron chi connectivity index (χ1n) is 6.64. The van der Waals surface area contributed by atoms with Crippen molar-refractivity contribution in [1.82, 2.24) is 9.78 Å². The highest BCUT2D eigenvalue weighted by molar-refractivity contribution is 9.10. The lowest BCUT2D eigenvalue weighted by atomic mass is 9.94. The van der Waals surface area contributed by atoms with Crippen molar-refractivity contribution in [3.05, 3.63) is 22.2 Å². The maximum atomic E-state index is 5.90. The largest absolute Gasteiger partial charge is 0.493 e. The van der Waals surface area contributed by atoms with Gasteiger partial charge in [-0.3, -0.25) is 4.68 Å². The van der Waals surface area contributed by atoms with Gasteiger partial charge in [0.2, 0.25) is 0 Å². The zero-order chi connectivity index (χ0) is 15.7. The molecule has 1 heterocycles. The van der Waals surface area contributed by atoms with Gasteiger partial charge in [-0.2, -0.15) is 5.10 Å². The van der Waals surface area contributed by atoms with Gasteiger partial charge in [0.05, 0.1) is 24.4 Å². The third-order valence-corrected chi connectivity index (χ3v) is 4.21. The van der Waals surface area contributed by atoms with E-state index in [0.717, 1.165) is 21.3 Å². The minimum absolute atomic E-state index is 0.289. The first-order chi connectivity index (χ1) is 9.90. The maximum Gasteiger partial charge on any atom is 0.175 e. The van der Waals surface area contributed by atoms with Crippen molar-refractivity contribution >= 4 is 21.7 Å². The van der Waals surface area contributed by atoms with E-state index in [0.29, 0.717) is 17.3 Å². The minimum Gasteiger partial charge on any atom is -0.493 e. The topological polar surface area (TPSA) is 62.3 Å². The van der Waals surface area contributed by atoms with Crippen molar-refractivity contribution in [2.45, 2.75) is 19.8 Å². The lowest BCUT2D eigenvalue weighted by Gasteiger charge is -2.19. The van der Waals surface area contributed by atoms with Gasteiger partial charge in [-0.05, 0) is 33.5 Å². The van der Waals surface area contributed by atoms with Gasteiger partial charge in [-0.25, -0.2) is 0 Å². The molecule has 1 aromatic heterocycles. The van der Waals surface area contributed by atoms with Gasteiger partial charge in [0.1, 0.15) is 5.82 Å². The van der Waals surface area contributed by atoms with E-state index < -0.39 is 0 Å². The summed E-state index contributed by atoms with van der Waals surface area (Å²) in [6.45, 7) is 4.25. The van der Waals surface area contributed by atoms with Crippen LogP contribution in [0.1, 0.15) is 25.3 Å². The van der Waals surface area contributed by atoms with Crippen LogP contribution >= 0.6 is 15.9 Å². The summed E-state index contributed by atoms with van der Waals surface area (Å²) >= 11 is 3.64. The second-order valence-corrected chi connectivity index (χ2v) is 5.91. The molecule has 0 radical (unpaired) electrons. The van der Waals surface area contributed by atoms with Gasteiger partial charge in [-0.15, -0.1) is 0 Å². The molecule has 6 heteroatoms. The molecule has 0 unspecified atom stereocenters. The lowest BCUT2D eigenvalue weighted by Crippen LogP contribution is -2.01. The third-order valence-electron chi connectivity index (χ3n) is 3.42. The van der Waals surface area contributed by atoms with Crippen LogP contribution in [0.4, 0.5) is 5.82 Å². The second-order valence-electron chi connectivity index (χ2n) is 5.12. The fourth-order valence-electron chi connectivity index (χ4n) is 2.35. The van der Waals surface area contributed by atoms with Crippen molar-refractivity contribution in [3.63, 3.8) is 0 Å². The summed E-state index contributed by atoms with van der Waals surface area (Å²) in [6, 6.07) is 3.81. The van der Waals surface area contributed by atoms with E-state index in [9.17, 15) is 0 Å². The van der Waals surface area contributed by atoms with E-state index in [1.165, 1.54) is 0 Å². The molecule has 0 atom stereocenters. The van der Waals surface area contributed by atoms with Gasteiger partial charge < -0.3 is 15.2 Å². The maximum absolute atomic E-state index is 5.90. The third kappa shape index (κ3) is 2.72. The van der Waals surface area contributed by atoms with Crippen molar-refractivity contribution in [1.29, 1.82) is 0 Å². The first-order valence-corrected chi connectivity index (χ1v) is 7.44. The van der Waals surface area contributed by atoms with Crippen LogP contribution < -0.4 is 15.2 Å². The number of anilines is 1. The molecule has 1 aromatic carbocycles. The molecule has 0 fully saturated rings. The fourth-order valence-corrected chi connectivity index (χ4v) is 3.38. The quantitative estimate of drug-likeness (QED) is 0.912. The number of hydrogen-bond acceptors (Lipinski definition) is 4. The Hall–Kier alpha value is -1.69. The van der Waals surface area contributed by atoms with Gasteiger partial charge in [-0.1, -0.05) is 13.8 Å². The average molecular weight is 354 g/mol. The first kappa shape index (κ1) is 15.7. The number of ether oxygens (including phenoxy) is 2. The van der Waals surface area contributed by atoms with E-state index in [4.69, 9.17) is 15.2 Å². The second kappa shape index (κ2) is 5.97. The van der Waals surface area contributed by atoms with E-state index in [2.05, 4.69) is 34.9 Å². The van der Waals surface area contributed by atoms with E-state index in [1.54, 1.807) is 18.9 Å². The summed E-state index contributed by atoms with van der Waals surface area (Å²) in [4.78, 5) is 0. The normalized spacial score (nSPS) is 11.0. The molecule has 5 nitrogen and oxygen atoms in total. The highest BCUT2D eigenvalue weighted by Crippen LogP contribution is 2.45. The number of benzene rings is 1. The number of nitrogen functional groups attached to an aromatic ring is 1. The van der Waals surface area contributed by atoms with Crippen LogP contribution in [0.25, 0.3) is 11.3 Å². The summed E-state index contributed by atoms with van der Waals surface area (Å²) in [5.74, 6) is 2.25. The Morgan fingerprint density at radius 2 is 1.90 bits per heavy atom. The Morgan fingerprint density at radius 3 is 2.33 bits per heavy atom. The molecule has 114 valence electrons. The summed E-state index contributed by atoms with van der Waals surface area (Å²) in [5, 5.41) is 4.47. The number of nitrogens with two attached hydrogens (primary N) is 1. The Kier molecular flexibility index (Phi) is 4.46. The highest BCUT2D eigenvalue weighted by atomic mass is 79.9. The molecule has 2 aromatic rings. The fraction of sp³-hybridized carbons (Fsp3) is 0.400. The molecule has 0 spiro atoms. The van der Waals surface area contributed by atoms with E-state index in [-0.39, 0.29) is 5.92 Å². The van der Waals surface area contributed by atoms with Crippen molar-refractivity contribution in [2.75, 3.05) is 20.0 Å². The lowest BCUT2D eigenvalue weighted by molar-refractivity contribution is 0.352. The molecule has 0 aliphatic heterocycles. The smallest absolute Gasteiger partial charge is 0.175 e. The number of aryl methyl sites for hydroxylation is 1. The van der Waals surface area contributed by atoms with Crippen molar-refractivity contribution in [3.8, 4) is 22.8 Å². The summed E-state index contributed by atoms with van der Waals surface area (Å²) in [7, 11) is 5.07. The Balaban J connectivity index is 2.77. The van der Waals surface area contributed by atoms with Crippen LogP contribution in [0.5, 0.6) is 11.5 Å². The van der Waals surface area contributed by atoms with Gasteiger partial charge in [0.15, 0.2) is 11.5 Å². The highest BCUT2D eigenvalue weighted by Gasteiger charge is 2.22. The molecule has 0 saturated carbocycles. The predicted molar refractivity (Wildman–Crippen MR) is 87.9 cm³/mol. The van der Waals surface area contributed by atoms with Crippen LogP contribution in [0.15, 0.2) is 16.6 Å². The van der Waals surface area contributed by atoms with Crippen LogP contribution in [0.3, 0.4) is 0 Å². The van der Waals surface area contributed by atoms with Gasteiger partial charge in [0.25, 0.3) is 0 Å². The number of methoxy groups -OCH3 is 2. The molecule has 0 saturated heterocycles. The van der Waals surface area contributed by atoms with E-state index >= 15 is 0 Å². The van der Waals surface area contributed by atoms with Crippen molar-refractivity contribution in [2.24, 2.45) is 7.05 Å². The molecule has 0 aliphatic carbocycles. The Morgan fingerprint density at radius 1 is 1.24 bits per heavy atom. The van der Waals surface area contributed by atoms with Gasteiger partial charge in [0, 0.05) is 18.7 Å². The van der Waals surface area contributed by atoms with E-state index in [1.807, 2.05) is 19.2 Å². The summed E-state index contributed by atoms with van der Waals surface area (Å²) < 4.78 is 13.4. The number of hydrogen-bond donors (Lipinski definition) is 1. The van der Waals surface area contributed by atoms with Crippen LogP contribution in [0.2, 0.25) is 0 Å². The molecule has 0 bridgehead atoms. The molecule has 0 amide bonds. The predicted octanol–water partition coefficient (Wildman–Crippen LogP) is 3.57. The van der Waals surface area contributed by atoms with Crippen LogP contribution in [-0.4, -0.2) is 24.0 Å². The summed E-state index contributed by atoms with van der Waals surface area (Å²) in [6.07, 6.45) is 0. The standard InChI is InChI=1S/C15H20BrN3O2/c1-8(2)13-9(10-7-12(17)19(3)18-10)6-11(20-4)15(21-5)14(13)16/h6-8H,17H2,1-5H3. The Bertz CT molecular complexity index is 646. The Labute approximate surface area is 133 Å². The number of rotatable bonds is 4. The molecule has 2 N–H and O–H groups in total. The molecule has 2 rings (SSSR count). The SMILES string of the molecule is COc1cc(-c2cc(N)n(C)n2)c(C(C)C)c(Br)c1OC. The monoisotopic (exact) mass is 353 g/mol. The average Bonchev–Trinajstić information content (AvgIpc) is 2.76. The van der Waals surface area contributed by atoms with Crippen LogP contribution in [0, 0.1) is 0 Å². The molecule has 0 aliphatic rings. The summed E-state index contributed by atoms with van der Waals surface area (Å²) in [5.41, 5.74) is 8.83. The molecule has 21 heavy (non-hydrogen) atoms.